The molecule has 23 heavy (non-hydrogen) atoms. The predicted molar refractivity (Wildman–Crippen MR) is 92.4 cm³/mol. The molecule has 2 N–H and O–H groups in total. The van der Waals surface area contributed by atoms with Crippen molar-refractivity contribution in [3.8, 4) is 5.75 Å². The van der Waals surface area contributed by atoms with Gasteiger partial charge in [-0.25, -0.2) is 0 Å². The van der Waals surface area contributed by atoms with Crippen LogP contribution in [0.1, 0.15) is 20.3 Å². The van der Waals surface area contributed by atoms with Gasteiger partial charge in [-0.3, -0.25) is 4.79 Å². The lowest BCUT2D eigenvalue weighted by atomic mass is 9.80. The lowest BCUT2D eigenvalue weighted by molar-refractivity contribution is -0.136. The number of hydrogen-bond acceptors (Lipinski definition) is 3. The van der Waals surface area contributed by atoms with Crippen LogP contribution in [0.25, 0.3) is 10.8 Å². The van der Waals surface area contributed by atoms with Crippen LogP contribution in [0.5, 0.6) is 5.75 Å². The van der Waals surface area contributed by atoms with Gasteiger partial charge in [0, 0.05) is 19.1 Å². The van der Waals surface area contributed by atoms with Gasteiger partial charge >= 0.3 is 0 Å². The number of carbonyl (C=O) groups excluding carboxylic acids is 1. The zero-order valence-corrected chi connectivity index (χ0v) is 13.8. The second-order valence-corrected chi connectivity index (χ2v) is 7.00. The standard InChI is InChI=1S/C19H24N2O2/c1-19(2)13-21(10-9-17(19)20)18(22)12-23-16-8-7-14-5-3-4-6-15(14)11-16/h3-8,11,17H,9-10,12-13,20H2,1-2H3. The number of rotatable bonds is 3. The highest BCUT2D eigenvalue weighted by Gasteiger charge is 2.35. The van der Waals surface area contributed by atoms with E-state index in [0.29, 0.717) is 13.1 Å². The number of nitrogens with zero attached hydrogens (tertiary/aromatic N) is 1. The Hall–Kier alpha value is -2.07. The van der Waals surface area contributed by atoms with Gasteiger partial charge < -0.3 is 15.4 Å². The van der Waals surface area contributed by atoms with Crippen molar-refractivity contribution in [2.75, 3.05) is 19.7 Å². The van der Waals surface area contributed by atoms with Gasteiger partial charge in [-0.15, -0.1) is 0 Å². The number of hydrogen-bond donors (Lipinski definition) is 1. The number of amides is 1. The summed E-state index contributed by atoms with van der Waals surface area (Å²) in [5, 5.41) is 2.28. The van der Waals surface area contributed by atoms with Crippen LogP contribution >= 0.6 is 0 Å². The van der Waals surface area contributed by atoms with Crippen LogP contribution in [0.4, 0.5) is 0 Å². The van der Waals surface area contributed by atoms with Crippen molar-refractivity contribution >= 4 is 16.7 Å². The molecule has 0 spiro atoms. The summed E-state index contributed by atoms with van der Waals surface area (Å²) >= 11 is 0. The largest absolute Gasteiger partial charge is 0.484 e. The van der Waals surface area contributed by atoms with Gasteiger partial charge in [0.1, 0.15) is 5.75 Å². The molecule has 0 radical (unpaired) electrons. The van der Waals surface area contributed by atoms with Crippen LogP contribution in [-0.4, -0.2) is 36.5 Å². The number of carbonyl (C=O) groups is 1. The molecule has 4 nitrogen and oxygen atoms in total. The molecule has 2 aromatic carbocycles. The molecular formula is C19H24N2O2. The molecule has 2 aromatic rings. The smallest absolute Gasteiger partial charge is 0.260 e. The van der Waals surface area contributed by atoms with Crippen LogP contribution in [0.15, 0.2) is 42.5 Å². The summed E-state index contributed by atoms with van der Waals surface area (Å²) < 4.78 is 5.70. The first-order chi connectivity index (χ1) is 11.0. The lowest BCUT2D eigenvalue weighted by Gasteiger charge is -2.42. The SMILES string of the molecule is CC1(C)CN(C(=O)COc2ccc3ccccc3c2)CCC1N. The normalized spacial score (nSPS) is 20.5. The van der Waals surface area contributed by atoms with Gasteiger partial charge in [0.15, 0.2) is 6.61 Å². The minimum atomic E-state index is -0.0448. The Kier molecular flexibility index (Phi) is 4.26. The monoisotopic (exact) mass is 312 g/mol. The van der Waals surface area contributed by atoms with Crippen molar-refractivity contribution in [3.05, 3.63) is 42.5 Å². The van der Waals surface area contributed by atoms with E-state index in [2.05, 4.69) is 19.9 Å². The van der Waals surface area contributed by atoms with E-state index in [9.17, 15) is 4.79 Å². The molecule has 4 heteroatoms. The number of ether oxygens (including phenoxy) is 1. The molecule has 1 unspecified atom stereocenters. The number of benzene rings is 2. The van der Waals surface area contributed by atoms with Gasteiger partial charge in [0.2, 0.25) is 0 Å². The van der Waals surface area contributed by atoms with E-state index in [4.69, 9.17) is 10.5 Å². The van der Waals surface area contributed by atoms with E-state index in [1.807, 2.05) is 41.3 Å². The molecule has 1 aliphatic rings. The maximum Gasteiger partial charge on any atom is 0.260 e. The van der Waals surface area contributed by atoms with E-state index in [0.717, 1.165) is 22.9 Å². The van der Waals surface area contributed by atoms with Crippen molar-refractivity contribution in [2.45, 2.75) is 26.3 Å². The summed E-state index contributed by atoms with van der Waals surface area (Å²) in [6.07, 6.45) is 0.842. The van der Waals surface area contributed by atoms with Gasteiger partial charge in [-0.2, -0.15) is 0 Å². The van der Waals surface area contributed by atoms with E-state index in [1.165, 1.54) is 0 Å². The Balaban J connectivity index is 1.62. The number of fused-ring (bicyclic) bond motifs is 1. The third-order valence-electron chi connectivity index (χ3n) is 4.75. The minimum absolute atomic E-state index is 0.0260. The lowest BCUT2D eigenvalue weighted by Crippen LogP contribution is -2.54. The molecule has 1 amide bonds. The summed E-state index contributed by atoms with van der Waals surface area (Å²) in [6, 6.07) is 14.1. The molecule has 1 atom stereocenters. The van der Waals surface area contributed by atoms with Crippen LogP contribution in [0, 0.1) is 5.41 Å². The molecule has 0 aliphatic carbocycles. The van der Waals surface area contributed by atoms with E-state index in [1.54, 1.807) is 0 Å². The Morgan fingerprint density at radius 3 is 2.74 bits per heavy atom. The summed E-state index contributed by atoms with van der Waals surface area (Å²) in [5.74, 6) is 0.753. The average Bonchev–Trinajstić information content (AvgIpc) is 2.55. The fourth-order valence-electron chi connectivity index (χ4n) is 3.08. The maximum absolute atomic E-state index is 12.4. The third kappa shape index (κ3) is 3.48. The van der Waals surface area contributed by atoms with Crippen LogP contribution in [0.2, 0.25) is 0 Å². The molecule has 1 heterocycles. The molecule has 0 aromatic heterocycles. The first-order valence-corrected chi connectivity index (χ1v) is 8.11. The molecular weight excluding hydrogens is 288 g/mol. The number of nitrogens with two attached hydrogens (primary N) is 1. The third-order valence-corrected chi connectivity index (χ3v) is 4.75. The number of piperidine rings is 1. The predicted octanol–water partition coefficient (Wildman–Crippen LogP) is 2.80. The summed E-state index contributed by atoms with van der Waals surface area (Å²) in [4.78, 5) is 14.3. The fraction of sp³-hybridized carbons (Fsp3) is 0.421. The molecule has 1 aliphatic heterocycles. The first kappa shape index (κ1) is 15.8. The summed E-state index contributed by atoms with van der Waals surface area (Å²) in [6.45, 7) is 5.70. The Bertz CT molecular complexity index is 711. The second-order valence-electron chi connectivity index (χ2n) is 7.00. The van der Waals surface area contributed by atoms with Crippen molar-refractivity contribution in [1.29, 1.82) is 0 Å². The molecule has 0 saturated carbocycles. The number of likely N-dealkylation sites (tertiary alicyclic amines) is 1. The maximum atomic E-state index is 12.4. The van der Waals surface area contributed by atoms with E-state index in [-0.39, 0.29) is 24.0 Å². The van der Waals surface area contributed by atoms with Gasteiger partial charge in [0.25, 0.3) is 5.91 Å². The topological polar surface area (TPSA) is 55.6 Å². The minimum Gasteiger partial charge on any atom is -0.484 e. The summed E-state index contributed by atoms with van der Waals surface area (Å²) in [5.41, 5.74) is 6.08. The first-order valence-electron chi connectivity index (χ1n) is 8.11. The van der Waals surface area contributed by atoms with Crippen LogP contribution < -0.4 is 10.5 Å². The average molecular weight is 312 g/mol. The zero-order chi connectivity index (χ0) is 16.4. The van der Waals surface area contributed by atoms with Gasteiger partial charge in [-0.1, -0.05) is 44.2 Å². The Labute approximate surface area is 137 Å². The molecule has 1 fully saturated rings. The van der Waals surface area contributed by atoms with Gasteiger partial charge in [-0.05, 0) is 34.7 Å². The van der Waals surface area contributed by atoms with E-state index >= 15 is 0 Å². The van der Waals surface area contributed by atoms with E-state index < -0.39 is 0 Å². The quantitative estimate of drug-likeness (QED) is 0.948. The second kappa shape index (κ2) is 6.20. The molecule has 3 rings (SSSR count). The van der Waals surface area contributed by atoms with Crippen LogP contribution in [-0.2, 0) is 4.79 Å². The van der Waals surface area contributed by atoms with Crippen LogP contribution in [0.3, 0.4) is 0 Å². The van der Waals surface area contributed by atoms with Gasteiger partial charge in [0.05, 0.1) is 0 Å². The zero-order valence-electron chi connectivity index (χ0n) is 13.8. The highest BCUT2D eigenvalue weighted by molar-refractivity contribution is 5.84. The molecule has 1 saturated heterocycles. The molecule has 122 valence electrons. The van der Waals surface area contributed by atoms with Crippen molar-refractivity contribution in [1.82, 2.24) is 4.90 Å². The Morgan fingerprint density at radius 2 is 2.00 bits per heavy atom. The summed E-state index contributed by atoms with van der Waals surface area (Å²) in [7, 11) is 0. The molecule has 0 bridgehead atoms. The van der Waals surface area contributed by atoms with Crippen molar-refractivity contribution in [2.24, 2.45) is 11.1 Å². The van der Waals surface area contributed by atoms with Crippen molar-refractivity contribution in [3.63, 3.8) is 0 Å². The fourth-order valence-corrected chi connectivity index (χ4v) is 3.08. The van der Waals surface area contributed by atoms with Crippen molar-refractivity contribution < 1.29 is 9.53 Å². The highest BCUT2D eigenvalue weighted by Crippen LogP contribution is 2.28. The Morgan fingerprint density at radius 1 is 1.26 bits per heavy atom. The highest BCUT2D eigenvalue weighted by atomic mass is 16.5.